The van der Waals surface area contributed by atoms with Gasteiger partial charge in [0.25, 0.3) is 6.71 Å². The van der Waals surface area contributed by atoms with E-state index in [-0.39, 0.29) is 88.4 Å². The highest BCUT2D eigenvalue weighted by atomic mass is 15.2. The summed E-state index contributed by atoms with van der Waals surface area (Å²) in [6.07, 6.45) is 0. The number of hydrogen-bond acceptors (Lipinski definition) is 2. The van der Waals surface area contributed by atoms with Crippen molar-refractivity contribution in [1.29, 1.82) is 0 Å². The van der Waals surface area contributed by atoms with Gasteiger partial charge in [0.1, 0.15) is 0 Å². The van der Waals surface area contributed by atoms with Crippen LogP contribution in [0, 0.1) is 0 Å². The Labute approximate surface area is 656 Å². The van der Waals surface area contributed by atoms with Crippen molar-refractivity contribution < 1.29 is 27.4 Å². The van der Waals surface area contributed by atoms with Gasteiger partial charge in [0.15, 0.2) is 0 Å². The first kappa shape index (κ1) is 47.1. The van der Waals surface area contributed by atoms with Crippen LogP contribution in [0.5, 0.6) is 0 Å². The van der Waals surface area contributed by atoms with E-state index in [1.807, 2.05) is 158 Å². The Kier molecular flexibility index (Phi) is 11.1. The molecule has 0 atom stereocenters. The van der Waals surface area contributed by atoms with Gasteiger partial charge in [-0.15, -0.1) is 0 Å². The highest BCUT2D eigenvalue weighted by Crippen LogP contribution is 2.57. The number of aromatic nitrogens is 2. The number of rotatable bonds is 10. The molecule has 4 nitrogen and oxygen atoms in total. The molecule has 19 rings (SSSR count). The Hall–Kier alpha value is -12.4. The maximum atomic E-state index is 12.2. The van der Waals surface area contributed by atoms with Crippen LogP contribution in [0.2, 0.25) is 0 Å². The predicted molar refractivity (Wildman–Crippen MR) is 458 cm³/mol. The summed E-state index contributed by atoms with van der Waals surface area (Å²) in [4.78, 5) is 4.18. The Bertz CT molecular complexity index is 6900. The molecule has 514 valence electrons. The van der Waals surface area contributed by atoms with Crippen molar-refractivity contribution in [1.82, 2.24) is 9.13 Å². The van der Waals surface area contributed by atoms with Gasteiger partial charge in [0.2, 0.25) is 0 Å². The van der Waals surface area contributed by atoms with Crippen LogP contribution in [0.15, 0.2) is 339 Å². The Morgan fingerprint density at radius 1 is 0.262 bits per heavy atom. The number of nitrogens with zero attached hydrogens (tertiary/aromatic N) is 4. The molecule has 0 fully saturated rings. The molecular weight excluding hydrogens is 1290 g/mol. The molecule has 0 saturated heterocycles. The van der Waals surface area contributed by atoms with E-state index in [4.69, 9.17) is 0 Å². The first-order valence-corrected chi connectivity index (χ1v) is 36.2. The molecule has 0 bridgehead atoms. The Balaban J connectivity index is 1.16. The van der Waals surface area contributed by atoms with Gasteiger partial charge in [-0.2, -0.15) is 0 Å². The topological polar surface area (TPSA) is 16.3 Å². The molecule has 0 amide bonds. The lowest BCUT2D eigenvalue weighted by Crippen LogP contribution is -2.62. The van der Waals surface area contributed by atoms with E-state index in [9.17, 15) is 27.4 Å². The first-order valence-electron chi connectivity index (χ1n) is 46.2. The number of fused-ring (bicyclic) bond motifs is 10. The van der Waals surface area contributed by atoms with Crippen molar-refractivity contribution in [3.05, 3.63) is 356 Å². The SMILES string of the molecule is [2H]c1c(-c2ccccc2)c2c(c([2H])c1-n1c3c([2H])c([2H])c([2H])c([2H])c3c3c([2H])c([2H])c([2H])c([2H])c31)N(c1c(-c3ccccc3)cc(C(C)(C)C)cc1-c1ccccc1)c1cc(C(C)(C)C)cc3c1B2c1c(-c2ccccc2)c([2H])c(-n2c4c([2H])c([2H])c([2H])c([2H])c4c4c([2H])c([2H])c([2H])c([2H])c42)c([2H])c1N3c1c(-c2ccccc2)cc(C(C)(C)C)cc1-c1ccccc1. The summed E-state index contributed by atoms with van der Waals surface area (Å²) in [5.74, 6) is 0. The fourth-order valence-corrected chi connectivity index (χ4v) is 16.0. The second-order valence-electron chi connectivity index (χ2n) is 30.9. The maximum Gasteiger partial charge on any atom is 0.253 e. The van der Waals surface area contributed by atoms with Crippen LogP contribution < -0.4 is 26.2 Å². The summed E-state index contributed by atoms with van der Waals surface area (Å²) in [6, 6.07) is 58.1. The summed E-state index contributed by atoms with van der Waals surface area (Å²) < 4.78 is 206. The molecule has 0 radical (unpaired) electrons. The summed E-state index contributed by atoms with van der Waals surface area (Å²) in [5.41, 5.74) is 8.19. The lowest BCUT2D eigenvalue weighted by molar-refractivity contribution is 0.590. The third-order valence-corrected chi connectivity index (χ3v) is 21.2. The van der Waals surface area contributed by atoms with Gasteiger partial charge in [0.05, 0.1) is 60.9 Å². The number of anilines is 6. The van der Waals surface area contributed by atoms with E-state index in [0.29, 0.717) is 67.2 Å². The minimum Gasteiger partial charge on any atom is -0.310 e. The van der Waals surface area contributed by atoms with Crippen molar-refractivity contribution in [2.45, 2.75) is 78.6 Å². The third kappa shape index (κ3) is 10.8. The van der Waals surface area contributed by atoms with Crippen molar-refractivity contribution >= 4 is 101 Å². The normalized spacial score (nSPS) is 15.5. The first-order chi connectivity index (χ1) is 60.4. The average molecular weight is 1400 g/mol. The Morgan fingerprint density at radius 2 is 0.505 bits per heavy atom. The molecule has 107 heavy (non-hydrogen) atoms. The Morgan fingerprint density at radius 3 is 0.766 bits per heavy atom. The third-order valence-electron chi connectivity index (χ3n) is 21.2. The highest BCUT2D eigenvalue weighted by Gasteiger charge is 2.49. The number of para-hydroxylation sites is 4. The van der Waals surface area contributed by atoms with Crippen LogP contribution in [0.1, 0.15) is 106 Å². The quantitative estimate of drug-likeness (QED) is 0.127. The minimum atomic E-state index is -1.42. The molecule has 2 aliphatic rings. The van der Waals surface area contributed by atoms with Crippen molar-refractivity contribution in [3.63, 3.8) is 0 Å². The van der Waals surface area contributed by atoms with Crippen LogP contribution >= 0.6 is 0 Å². The zero-order chi connectivity index (χ0) is 90.0. The predicted octanol–water partition coefficient (Wildman–Crippen LogP) is 25.9. The maximum absolute atomic E-state index is 12.2. The van der Waals surface area contributed by atoms with E-state index in [2.05, 4.69) is 109 Å². The molecular formula is C102H83BN4. The molecule has 17 aromatic rings. The van der Waals surface area contributed by atoms with Crippen molar-refractivity contribution in [2.24, 2.45) is 0 Å². The largest absolute Gasteiger partial charge is 0.310 e. The second kappa shape index (κ2) is 25.1. The molecule has 2 aliphatic heterocycles. The summed E-state index contributed by atoms with van der Waals surface area (Å²) in [6.45, 7) is 17.7. The summed E-state index contributed by atoms with van der Waals surface area (Å²) in [5, 5.41) is -1.14. The van der Waals surface area contributed by atoms with Crippen LogP contribution in [0.25, 0.3) is 122 Å². The minimum absolute atomic E-state index is 0.0633. The molecule has 4 heterocycles. The van der Waals surface area contributed by atoms with E-state index in [1.165, 1.54) is 9.13 Å². The number of hydrogen-bond donors (Lipinski definition) is 0. The molecule has 0 aliphatic carbocycles. The lowest BCUT2D eigenvalue weighted by Gasteiger charge is -2.48. The van der Waals surface area contributed by atoms with Gasteiger partial charge < -0.3 is 18.9 Å². The van der Waals surface area contributed by atoms with Gasteiger partial charge >= 0.3 is 0 Å². The van der Waals surface area contributed by atoms with E-state index in [0.717, 1.165) is 33.4 Å². The van der Waals surface area contributed by atoms with Crippen molar-refractivity contribution in [2.75, 3.05) is 9.80 Å². The summed E-state index contributed by atoms with van der Waals surface area (Å²) >= 11 is 0. The zero-order valence-electron chi connectivity index (χ0n) is 80.7. The standard InChI is InChI=1S/C102H83BN4/c1-100(2,3)72-56-83(68-40-20-12-21-41-68)98(84(57-72)69-42-22-13-23-43-69)106-91-60-74(102(7,8)9)61-92-97(91)103(95-81(66-36-16-10-17-37-66)62-75(64-93(95)106)104-87-52-32-28-48-77(87)78-49-29-33-53-88(78)104)96-82(67-38-18-11-19-39-67)63-76(105-89-54-34-30-50-79(89)80-51-31-35-55-90(80)105)65-94(96)107(92)99-85(70-44-24-14-25-45-70)58-73(101(4,5)6)59-86(99)71-46-26-15-27-47-71/h10-65H,1-9H3/i28D,29D,30D,31D,32D,33D,34D,35D,48D,49D,50D,51D,52D,53D,54D,55D,62D,63D,64D,65D. The van der Waals surface area contributed by atoms with E-state index >= 15 is 0 Å². The van der Waals surface area contributed by atoms with Crippen LogP contribution in [0.4, 0.5) is 34.1 Å². The van der Waals surface area contributed by atoms with Gasteiger partial charge in [-0.1, -0.05) is 317 Å². The smallest absolute Gasteiger partial charge is 0.253 e. The van der Waals surface area contributed by atoms with Gasteiger partial charge in [-0.05, 0) is 179 Å². The average Bonchev–Trinajstić information content (AvgIpc) is 1.26. The fraction of sp³-hybridized carbons (Fsp3) is 0.118. The van der Waals surface area contributed by atoms with Gasteiger partial charge in [0, 0.05) is 77.9 Å². The monoisotopic (exact) mass is 1390 g/mol. The number of benzene rings is 15. The van der Waals surface area contributed by atoms with E-state index in [1.54, 1.807) is 24.3 Å². The van der Waals surface area contributed by atoms with Gasteiger partial charge in [-0.25, -0.2) is 0 Å². The van der Waals surface area contributed by atoms with Crippen LogP contribution in [0.3, 0.4) is 0 Å². The van der Waals surface area contributed by atoms with Crippen molar-refractivity contribution in [3.8, 4) is 78.1 Å². The molecule has 0 unspecified atom stereocenters. The van der Waals surface area contributed by atoms with Gasteiger partial charge in [-0.3, -0.25) is 0 Å². The zero-order valence-corrected chi connectivity index (χ0v) is 60.7. The highest BCUT2D eigenvalue weighted by molar-refractivity contribution is 7.02. The van der Waals surface area contributed by atoms with E-state index < -0.39 is 144 Å². The molecule has 0 saturated carbocycles. The fourth-order valence-electron chi connectivity index (χ4n) is 16.0. The second-order valence-corrected chi connectivity index (χ2v) is 30.9. The summed E-state index contributed by atoms with van der Waals surface area (Å²) in [7, 11) is 0. The molecule has 5 heteroatoms. The molecule has 0 N–H and O–H groups in total. The molecule has 15 aromatic carbocycles. The molecule has 2 aromatic heterocycles. The van der Waals surface area contributed by atoms with Crippen LogP contribution in [-0.4, -0.2) is 15.8 Å². The molecule has 0 spiro atoms. The lowest BCUT2D eigenvalue weighted by atomic mass is 9.31. The van der Waals surface area contributed by atoms with Crippen LogP contribution in [-0.2, 0) is 16.2 Å².